The summed E-state index contributed by atoms with van der Waals surface area (Å²) < 4.78 is 10.3. The van der Waals surface area contributed by atoms with Crippen LogP contribution in [-0.4, -0.2) is 30.0 Å². The molecule has 0 fully saturated rings. The molecule has 0 spiro atoms. The van der Waals surface area contributed by atoms with E-state index >= 15 is 0 Å². The van der Waals surface area contributed by atoms with Crippen LogP contribution in [-0.2, 0) is 0 Å². The molecule has 0 aliphatic heterocycles. The quantitative estimate of drug-likeness (QED) is 0.788. The number of pyridine rings is 2. The van der Waals surface area contributed by atoms with Crippen molar-refractivity contribution in [3.8, 4) is 23.0 Å². The Hall–Kier alpha value is -2.43. The Balaban J connectivity index is 2.43. The first-order valence-corrected chi connectivity index (χ1v) is 5.72. The standard InChI is InChI=1S/C14H14N2O3/c1-9(17)10-4-6-12(15-8-10)11-5-7-13(18-2)16-14(11)19-3/h4-8H,1-3H3. The number of hydrogen-bond donors (Lipinski definition) is 0. The number of methoxy groups -OCH3 is 2. The molecule has 2 heterocycles. The summed E-state index contributed by atoms with van der Waals surface area (Å²) in [6.45, 7) is 1.51. The van der Waals surface area contributed by atoms with Gasteiger partial charge < -0.3 is 9.47 Å². The zero-order valence-electron chi connectivity index (χ0n) is 11.0. The Bertz CT molecular complexity index is 594. The number of aromatic nitrogens is 2. The average Bonchev–Trinajstić information content (AvgIpc) is 2.46. The Labute approximate surface area is 111 Å². The monoisotopic (exact) mass is 258 g/mol. The summed E-state index contributed by atoms with van der Waals surface area (Å²) in [6.07, 6.45) is 1.54. The molecule has 5 heteroatoms. The van der Waals surface area contributed by atoms with Crippen molar-refractivity contribution in [3.63, 3.8) is 0 Å². The molecular formula is C14H14N2O3. The number of rotatable bonds is 4. The van der Waals surface area contributed by atoms with E-state index < -0.39 is 0 Å². The van der Waals surface area contributed by atoms with Gasteiger partial charge in [0.15, 0.2) is 5.78 Å². The van der Waals surface area contributed by atoms with Crippen LogP contribution in [0.15, 0.2) is 30.5 Å². The van der Waals surface area contributed by atoms with Gasteiger partial charge in [-0.2, -0.15) is 4.98 Å². The van der Waals surface area contributed by atoms with Crippen LogP contribution in [0.1, 0.15) is 17.3 Å². The van der Waals surface area contributed by atoms with Crippen molar-refractivity contribution >= 4 is 5.78 Å². The van der Waals surface area contributed by atoms with Crippen molar-refractivity contribution in [2.75, 3.05) is 14.2 Å². The van der Waals surface area contributed by atoms with Gasteiger partial charge in [-0.15, -0.1) is 0 Å². The second-order valence-electron chi connectivity index (χ2n) is 3.90. The molecule has 2 rings (SSSR count). The summed E-state index contributed by atoms with van der Waals surface area (Å²) in [6, 6.07) is 7.05. The highest BCUT2D eigenvalue weighted by Gasteiger charge is 2.10. The smallest absolute Gasteiger partial charge is 0.225 e. The predicted octanol–water partition coefficient (Wildman–Crippen LogP) is 2.36. The molecule has 0 aliphatic carbocycles. The topological polar surface area (TPSA) is 61.3 Å². The lowest BCUT2D eigenvalue weighted by Gasteiger charge is -2.08. The van der Waals surface area contributed by atoms with Crippen LogP contribution in [0, 0.1) is 0 Å². The summed E-state index contributed by atoms with van der Waals surface area (Å²) >= 11 is 0. The van der Waals surface area contributed by atoms with Gasteiger partial charge in [0.05, 0.1) is 25.5 Å². The molecule has 0 aliphatic rings. The van der Waals surface area contributed by atoms with Crippen LogP contribution in [0.3, 0.4) is 0 Å². The molecule has 0 unspecified atom stereocenters. The van der Waals surface area contributed by atoms with Gasteiger partial charge in [0.25, 0.3) is 0 Å². The minimum atomic E-state index is -0.0149. The minimum absolute atomic E-state index is 0.0149. The molecule has 0 amide bonds. The van der Waals surface area contributed by atoms with Gasteiger partial charge in [-0.05, 0) is 25.1 Å². The van der Waals surface area contributed by atoms with Crippen molar-refractivity contribution in [3.05, 3.63) is 36.0 Å². The second-order valence-corrected chi connectivity index (χ2v) is 3.90. The molecule has 0 N–H and O–H groups in total. The summed E-state index contributed by atoms with van der Waals surface area (Å²) in [5.41, 5.74) is 2.01. The average molecular weight is 258 g/mol. The van der Waals surface area contributed by atoms with Crippen molar-refractivity contribution in [2.24, 2.45) is 0 Å². The van der Waals surface area contributed by atoms with Crippen LogP contribution in [0.5, 0.6) is 11.8 Å². The molecule has 0 bridgehead atoms. The highest BCUT2D eigenvalue weighted by Crippen LogP contribution is 2.28. The summed E-state index contributed by atoms with van der Waals surface area (Å²) in [4.78, 5) is 19.7. The maximum absolute atomic E-state index is 11.2. The number of Topliss-reactive ketones (excluding diaryl/α,β-unsaturated/α-hetero) is 1. The van der Waals surface area contributed by atoms with Gasteiger partial charge in [-0.3, -0.25) is 9.78 Å². The first kappa shape index (κ1) is 13.0. The molecule has 0 aromatic carbocycles. The number of carbonyl (C=O) groups is 1. The van der Waals surface area contributed by atoms with E-state index in [1.807, 2.05) is 6.07 Å². The Kier molecular flexibility index (Phi) is 3.75. The third-order valence-electron chi connectivity index (χ3n) is 2.68. The molecule has 2 aromatic heterocycles. The fraction of sp³-hybridized carbons (Fsp3) is 0.214. The number of ether oxygens (including phenoxy) is 2. The van der Waals surface area contributed by atoms with E-state index in [4.69, 9.17) is 9.47 Å². The van der Waals surface area contributed by atoms with Gasteiger partial charge in [-0.25, -0.2) is 0 Å². The normalized spacial score (nSPS) is 10.1. The Morgan fingerprint density at radius 3 is 2.42 bits per heavy atom. The zero-order chi connectivity index (χ0) is 13.8. The first-order valence-electron chi connectivity index (χ1n) is 5.72. The first-order chi connectivity index (χ1) is 9.15. The van der Waals surface area contributed by atoms with E-state index in [2.05, 4.69) is 9.97 Å². The fourth-order valence-corrected chi connectivity index (χ4v) is 1.65. The molecule has 98 valence electrons. The maximum Gasteiger partial charge on any atom is 0.225 e. The fourth-order valence-electron chi connectivity index (χ4n) is 1.65. The molecular weight excluding hydrogens is 244 g/mol. The molecule has 0 atom stereocenters. The van der Waals surface area contributed by atoms with Crippen LogP contribution < -0.4 is 9.47 Å². The summed E-state index contributed by atoms with van der Waals surface area (Å²) in [5.74, 6) is 0.891. The van der Waals surface area contributed by atoms with E-state index in [0.29, 0.717) is 23.0 Å². The van der Waals surface area contributed by atoms with Gasteiger partial charge in [0.2, 0.25) is 11.8 Å². The molecule has 2 aromatic rings. The number of hydrogen-bond acceptors (Lipinski definition) is 5. The van der Waals surface area contributed by atoms with Gasteiger partial charge in [0, 0.05) is 17.8 Å². The van der Waals surface area contributed by atoms with Gasteiger partial charge >= 0.3 is 0 Å². The van der Waals surface area contributed by atoms with E-state index in [1.165, 1.54) is 14.0 Å². The lowest BCUT2D eigenvalue weighted by Crippen LogP contribution is -1.97. The number of ketones is 1. The summed E-state index contributed by atoms with van der Waals surface area (Å²) in [5, 5.41) is 0. The Morgan fingerprint density at radius 1 is 1.11 bits per heavy atom. The van der Waals surface area contributed by atoms with Gasteiger partial charge in [-0.1, -0.05) is 0 Å². The van der Waals surface area contributed by atoms with Crippen LogP contribution in [0.4, 0.5) is 0 Å². The molecule has 0 saturated heterocycles. The lowest BCUT2D eigenvalue weighted by molar-refractivity contribution is 0.101. The van der Waals surface area contributed by atoms with Crippen molar-refractivity contribution in [2.45, 2.75) is 6.92 Å². The van der Waals surface area contributed by atoms with Crippen LogP contribution in [0.2, 0.25) is 0 Å². The van der Waals surface area contributed by atoms with E-state index in [9.17, 15) is 4.79 Å². The maximum atomic E-state index is 11.2. The minimum Gasteiger partial charge on any atom is -0.481 e. The highest BCUT2D eigenvalue weighted by atomic mass is 16.5. The Morgan fingerprint density at radius 2 is 1.89 bits per heavy atom. The SMILES string of the molecule is COc1ccc(-c2ccc(C(C)=O)cn2)c(OC)n1. The predicted molar refractivity (Wildman–Crippen MR) is 70.6 cm³/mol. The molecule has 0 saturated carbocycles. The zero-order valence-corrected chi connectivity index (χ0v) is 11.0. The van der Waals surface area contributed by atoms with Crippen molar-refractivity contribution in [1.29, 1.82) is 0 Å². The second kappa shape index (κ2) is 5.48. The molecule has 19 heavy (non-hydrogen) atoms. The van der Waals surface area contributed by atoms with E-state index in [0.717, 1.165) is 5.56 Å². The van der Waals surface area contributed by atoms with Gasteiger partial charge in [0.1, 0.15) is 0 Å². The summed E-state index contributed by atoms with van der Waals surface area (Å²) in [7, 11) is 3.08. The third kappa shape index (κ3) is 2.70. The lowest BCUT2D eigenvalue weighted by atomic mass is 10.1. The number of carbonyl (C=O) groups excluding carboxylic acids is 1. The van der Waals surface area contributed by atoms with Crippen LogP contribution in [0.25, 0.3) is 11.3 Å². The van der Waals surface area contributed by atoms with Crippen molar-refractivity contribution in [1.82, 2.24) is 9.97 Å². The van der Waals surface area contributed by atoms with Crippen LogP contribution >= 0.6 is 0 Å². The molecule has 5 nitrogen and oxygen atoms in total. The van der Waals surface area contributed by atoms with E-state index in [-0.39, 0.29) is 5.78 Å². The van der Waals surface area contributed by atoms with Crippen molar-refractivity contribution < 1.29 is 14.3 Å². The largest absolute Gasteiger partial charge is 0.481 e. The van der Waals surface area contributed by atoms with E-state index in [1.54, 1.807) is 31.5 Å². The highest BCUT2D eigenvalue weighted by molar-refractivity contribution is 5.94. The molecule has 0 radical (unpaired) electrons. The number of nitrogens with zero attached hydrogens (tertiary/aromatic N) is 2. The third-order valence-corrected chi connectivity index (χ3v) is 2.68.